The highest BCUT2D eigenvalue weighted by atomic mass is 16.5. The monoisotopic (exact) mass is 251 g/mol. The van der Waals surface area contributed by atoms with Crippen LogP contribution >= 0.6 is 0 Å². The van der Waals surface area contributed by atoms with Crippen LogP contribution in [0.5, 0.6) is 0 Å². The smallest absolute Gasteiger partial charge is 0.149 e. The van der Waals surface area contributed by atoms with Crippen molar-refractivity contribution in [2.45, 2.75) is 24.5 Å². The van der Waals surface area contributed by atoms with Crippen molar-refractivity contribution in [3.05, 3.63) is 65.7 Å². The fraction of sp³-hybridized carbons (Fsp3) is 0.294. The Bertz CT molecular complexity index is 624. The number of nitrogens with one attached hydrogen (secondary N) is 1. The van der Waals surface area contributed by atoms with Crippen molar-refractivity contribution in [3.63, 3.8) is 0 Å². The second-order valence-corrected chi connectivity index (χ2v) is 5.57. The molecule has 2 atom stereocenters. The van der Waals surface area contributed by atoms with Crippen LogP contribution in [0.3, 0.4) is 0 Å². The fourth-order valence-corrected chi connectivity index (χ4v) is 3.82. The summed E-state index contributed by atoms with van der Waals surface area (Å²) in [6.45, 7) is 2.97. The van der Waals surface area contributed by atoms with Gasteiger partial charge in [-0.25, -0.2) is 0 Å². The van der Waals surface area contributed by atoms with Gasteiger partial charge in [-0.15, -0.1) is 0 Å². The maximum absolute atomic E-state index is 6.09. The van der Waals surface area contributed by atoms with E-state index in [0.717, 1.165) is 13.0 Å². The number of para-hydroxylation sites is 1. The molecule has 0 unspecified atom stereocenters. The first-order chi connectivity index (χ1) is 9.26. The van der Waals surface area contributed by atoms with Crippen LogP contribution in [0.25, 0.3) is 0 Å². The molecule has 0 saturated carbocycles. The zero-order valence-corrected chi connectivity index (χ0v) is 11.0. The normalized spacial score (nSPS) is 31.6. The number of benzene rings is 2. The number of hydrogen-bond donors (Lipinski definition) is 1. The van der Waals surface area contributed by atoms with Crippen molar-refractivity contribution in [1.82, 2.24) is 0 Å². The maximum atomic E-state index is 6.09. The van der Waals surface area contributed by atoms with Gasteiger partial charge < -0.3 is 10.1 Å². The highest BCUT2D eigenvalue weighted by molar-refractivity contribution is 5.68. The molecule has 2 aliphatic rings. The molecule has 0 amide bonds. The predicted octanol–water partition coefficient (Wildman–Crippen LogP) is 3.53. The molecule has 2 heteroatoms. The Labute approximate surface area is 113 Å². The third kappa shape index (κ3) is 1.25. The van der Waals surface area contributed by atoms with E-state index < -0.39 is 0 Å². The molecular weight excluding hydrogens is 234 g/mol. The van der Waals surface area contributed by atoms with Gasteiger partial charge in [-0.3, -0.25) is 0 Å². The van der Waals surface area contributed by atoms with E-state index in [1.54, 1.807) is 0 Å². The molecule has 0 aliphatic carbocycles. The number of anilines is 1. The largest absolute Gasteiger partial charge is 0.357 e. The van der Waals surface area contributed by atoms with Crippen molar-refractivity contribution in [2.75, 3.05) is 11.9 Å². The molecular formula is C17H17NO. The van der Waals surface area contributed by atoms with Gasteiger partial charge >= 0.3 is 0 Å². The van der Waals surface area contributed by atoms with E-state index in [4.69, 9.17) is 4.74 Å². The molecule has 0 bridgehead atoms. The third-order valence-electron chi connectivity index (χ3n) is 4.71. The SMILES string of the molecule is C[C@@]12Nc3ccccc3[C@]1(c1ccccc1)CCO2. The van der Waals surface area contributed by atoms with E-state index in [-0.39, 0.29) is 11.1 Å². The van der Waals surface area contributed by atoms with Crippen molar-refractivity contribution in [2.24, 2.45) is 0 Å². The quantitative estimate of drug-likeness (QED) is 0.837. The second kappa shape index (κ2) is 3.61. The second-order valence-electron chi connectivity index (χ2n) is 5.57. The Hall–Kier alpha value is -1.80. The van der Waals surface area contributed by atoms with Crippen LogP contribution in [0.4, 0.5) is 5.69 Å². The van der Waals surface area contributed by atoms with Gasteiger partial charge in [-0.05, 0) is 30.5 Å². The van der Waals surface area contributed by atoms with Gasteiger partial charge in [0.25, 0.3) is 0 Å². The molecule has 2 nitrogen and oxygen atoms in total. The lowest BCUT2D eigenvalue weighted by Gasteiger charge is -2.37. The van der Waals surface area contributed by atoms with Crippen LogP contribution in [0.15, 0.2) is 54.6 Å². The minimum Gasteiger partial charge on any atom is -0.357 e. The molecule has 2 aromatic rings. The maximum Gasteiger partial charge on any atom is 0.149 e. The number of rotatable bonds is 1. The number of ether oxygens (including phenoxy) is 1. The van der Waals surface area contributed by atoms with E-state index >= 15 is 0 Å². The average molecular weight is 251 g/mol. The van der Waals surface area contributed by atoms with E-state index in [0.29, 0.717) is 0 Å². The van der Waals surface area contributed by atoms with E-state index in [1.165, 1.54) is 16.8 Å². The van der Waals surface area contributed by atoms with Crippen molar-refractivity contribution < 1.29 is 4.74 Å². The Morgan fingerprint density at radius 3 is 2.58 bits per heavy atom. The first-order valence-electron chi connectivity index (χ1n) is 6.83. The van der Waals surface area contributed by atoms with Gasteiger partial charge in [0.1, 0.15) is 5.72 Å². The van der Waals surface area contributed by atoms with Gasteiger partial charge in [0.15, 0.2) is 0 Å². The summed E-state index contributed by atoms with van der Waals surface area (Å²) in [4.78, 5) is 0. The van der Waals surface area contributed by atoms with E-state index in [9.17, 15) is 0 Å². The minimum atomic E-state index is -0.335. The van der Waals surface area contributed by atoms with Crippen molar-refractivity contribution >= 4 is 5.69 Å². The summed E-state index contributed by atoms with van der Waals surface area (Å²) in [6, 6.07) is 19.3. The molecule has 0 spiro atoms. The van der Waals surface area contributed by atoms with Crippen LogP contribution in [-0.2, 0) is 10.2 Å². The zero-order valence-electron chi connectivity index (χ0n) is 11.0. The zero-order chi connectivity index (χ0) is 12.9. The molecule has 2 aromatic carbocycles. The summed E-state index contributed by atoms with van der Waals surface area (Å²) in [5.41, 5.74) is 3.50. The Balaban J connectivity index is 2.02. The van der Waals surface area contributed by atoms with Gasteiger partial charge in [-0.2, -0.15) is 0 Å². The predicted molar refractivity (Wildman–Crippen MR) is 76.3 cm³/mol. The fourth-order valence-electron chi connectivity index (χ4n) is 3.82. The molecule has 96 valence electrons. The Morgan fingerprint density at radius 1 is 1.00 bits per heavy atom. The highest BCUT2D eigenvalue weighted by Crippen LogP contribution is 2.57. The first-order valence-corrected chi connectivity index (χ1v) is 6.83. The van der Waals surface area contributed by atoms with Gasteiger partial charge in [0.2, 0.25) is 0 Å². The minimum absolute atomic E-state index is 0.0646. The van der Waals surface area contributed by atoms with Gasteiger partial charge in [-0.1, -0.05) is 48.5 Å². The molecule has 2 aliphatic heterocycles. The molecule has 1 saturated heterocycles. The third-order valence-corrected chi connectivity index (χ3v) is 4.71. The summed E-state index contributed by atoms with van der Waals surface area (Å²) in [5, 5.41) is 3.59. The van der Waals surface area contributed by atoms with Crippen LogP contribution < -0.4 is 5.32 Å². The van der Waals surface area contributed by atoms with Gasteiger partial charge in [0.05, 0.1) is 12.0 Å². The summed E-state index contributed by atoms with van der Waals surface area (Å²) in [6.07, 6.45) is 1.03. The lowest BCUT2D eigenvalue weighted by Crippen LogP contribution is -2.47. The van der Waals surface area contributed by atoms with Crippen LogP contribution in [0.2, 0.25) is 0 Å². The molecule has 19 heavy (non-hydrogen) atoms. The summed E-state index contributed by atoms with van der Waals surface area (Å²) < 4.78 is 6.09. The van der Waals surface area contributed by atoms with E-state index in [1.807, 2.05) is 0 Å². The Morgan fingerprint density at radius 2 is 1.74 bits per heavy atom. The molecule has 1 N–H and O–H groups in total. The van der Waals surface area contributed by atoms with E-state index in [2.05, 4.69) is 66.8 Å². The standard InChI is InChI=1S/C17H17NO/c1-16-17(11-12-19-16,13-7-3-2-4-8-13)14-9-5-6-10-15(14)18-16/h2-10,18H,11-12H2,1H3/t16-,17+/m0/s1. The summed E-state index contributed by atoms with van der Waals surface area (Å²) in [5.74, 6) is 0. The van der Waals surface area contributed by atoms with Crippen LogP contribution in [0.1, 0.15) is 24.5 Å². The van der Waals surface area contributed by atoms with Crippen molar-refractivity contribution in [1.29, 1.82) is 0 Å². The Kier molecular flexibility index (Phi) is 2.10. The molecule has 1 fully saturated rings. The number of fused-ring (bicyclic) bond motifs is 3. The van der Waals surface area contributed by atoms with Gasteiger partial charge in [0, 0.05) is 5.69 Å². The molecule has 0 radical (unpaired) electrons. The lowest BCUT2D eigenvalue weighted by atomic mass is 9.69. The highest BCUT2D eigenvalue weighted by Gasteiger charge is 2.60. The summed E-state index contributed by atoms with van der Waals surface area (Å²) in [7, 11) is 0. The average Bonchev–Trinajstić information content (AvgIpc) is 2.89. The topological polar surface area (TPSA) is 21.3 Å². The number of hydrogen-bond acceptors (Lipinski definition) is 2. The van der Waals surface area contributed by atoms with Crippen molar-refractivity contribution in [3.8, 4) is 0 Å². The lowest BCUT2D eigenvalue weighted by molar-refractivity contribution is 0.0235. The van der Waals surface area contributed by atoms with Crippen LogP contribution in [-0.4, -0.2) is 12.3 Å². The summed E-state index contributed by atoms with van der Waals surface area (Å²) >= 11 is 0. The molecule has 4 rings (SSSR count). The van der Waals surface area contributed by atoms with Crippen LogP contribution in [0, 0.1) is 0 Å². The molecule has 2 heterocycles. The first kappa shape index (κ1) is 11.1. The molecule has 0 aromatic heterocycles.